The number of nitrogens with zero attached hydrogens (tertiary/aromatic N) is 1. The lowest BCUT2D eigenvalue weighted by Crippen LogP contribution is -2.16. The molecule has 0 unspecified atom stereocenters. The van der Waals surface area contributed by atoms with Crippen molar-refractivity contribution in [3.05, 3.63) is 74.8 Å². The highest BCUT2D eigenvalue weighted by molar-refractivity contribution is 7.92. The Bertz CT molecular complexity index is 1790. The molecular weight excluding hydrogens is 524 g/mol. The maximum absolute atomic E-state index is 13.4. The molecule has 2 aromatic heterocycles. The van der Waals surface area contributed by atoms with Gasteiger partial charge in [-0.3, -0.25) is 9.52 Å². The molecule has 10 nitrogen and oxygen atoms in total. The largest absolute Gasteiger partial charge is 0.464 e. The standard InChI is InChI=1S/C28H28N2O8S/c1-6-8-18-25-19(12-20-23(31)14-24(38-26(18)20)28(33)37-7-2)21(13-22(29-25)27(32)36-5)30-39(34,35)17-10-9-15(3)16(4)11-17/h9-14H,6-8H2,1-5H3,(H,29,30). The van der Waals surface area contributed by atoms with E-state index < -0.39 is 27.4 Å². The summed E-state index contributed by atoms with van der Waals surface area (Å²) in [4.78, 5) is 42.5. The van der Waals surface area contributed by atoms with Gasteiger partial charge in [-0.2, -0.15) is 0 Å². The number of rotatable bonds is 8. The lowest BCUT2D eigenvalue weighted by molar-refractivity contribution is 0.0490. The second-order valence-corrected chi connectivity index (χ2v) is 10.7. The fourth-order valence-electron chi connectivity index (χ4n) is 4.21. The fraction of sp³-hybridized carbons (Fsp3) is 0.286. The van der Waals surface area contributed by atoms with Crippen LogP contribution in [0.5, 0.6) is 0 Å². The third kappa shape index (κ3) is 5.35. The van der Waals surface area contributed by atoms with Crippen LogP contribution in [-0.4, -0.2) is 39.1 Å². The Morgan fingerprint density at radius 1 is 1.00 bits per heavy atom. The summed E-state index contributed by atoms with van der Waals surface area (Å²) in [6, 6.07) is 8.48. The molecule has 0 aliphatic rings. The number of fused-ring (bicyclic) bond motifs is 2. The molecule has 4 rings (SSSR count). The van der Waals surface area contributed by atoms with Gasteiger partial charge in [-0.1, -0.05) is 19.4 Å². The van der Waals surface area contributed by atoms with E-state index in [1.54, 1.807) is 26.0 Å². The van der Waals surface area contributed by atoms with Crippen LogP contribution in [0.4, 0.5) is 5.69 Å². The molecule has 0 aliphatic carbocycles. The number of ether oxygens (including phenoxy) is 2. The maximum atomic E-state index is 13.4. The van der Waals surface area contributed by atoms with Gasteiger partial charge in [0.2, 0.25) is 5.76 Å². The van der Waals surface area contributed by atoms with Crippen molar-refractivity contribution in [1.29, 1.82) is 0 Å². The number of anilines is 1. The molecule has 0 atom stereocenters. The minimum absolute atomic E-state index is 0.0309. The summed E-state index contributed by atoms with van der Waals surface area (Å²) in [5.74, 6) is -1.85. The van der Waals surface area contributed by atoms with Crippen LogP contribution >= 0.6 is 0 Å². The molecule has 1 N–H and O–H groups in total. The minimum atomic E-state index is -4.10. The normalized spacial score (nSPS) is 11.5. The molecule has 0 saturated heterocycles. The Morgan fingerprint density at radius 2 is 1.74 bits per heavy atom. The van der Waals surface area contributed by atoms with E-state index in [-0.39, 0.29) is 50.5 Å². The first-order valence-electron chi connectivity index (χ1n) is 12.3. The van der Waals surface area contributed by atoms with Crippen molar-refractivity contribution in [1.82, 2.24) is 4.98 Å². The van der Waals surface area contributed by atoms with Crippen LogP contribution in [0.25, 0.3) is 21.9 Å². The van der Waals surface area contributed by atoms with Gasteiger partial charge < -0.3 is 13.9 Å². The van der Waals surface area contributed by atoms with Gasteiger partial charge in [0.25, 0.3) is 10.0 Å². The summed E-state index contributed by atoms with van der Waals surface area (Å²) in [7, 11) is -2.91. The third-order valence-corrected chi connectivity index (χ3v) is 7.66. The van der Waals surface area contributed by atoms with Crippen molar-refractivity contribution < 1.29 is 31.9 Å². The van der Waals surface area contributed by atoms with Crippen LogP contribution in [0.3, 0.4) is 0 Å². The van der Waals surface area contributed by atoms with Crippen molar-refractivity contribution in [3.8, 4) is 0 Å². The zero-order valence-electron chi connectivity index (χ0n) is 22.2. The number of hydrogen-bond donors (Lipinski definition) is 1. The van der Waals surface area contributed by atoms with Gasteiger partial charge >= 0.3 is 11.9 Å². The number of sulfonamides is 1. The van der Waals surface area contributed by atoms with E-state index in [0.717, 1.165) is 17.2 Å². The highest BCUT2D eigenvalue weighted by Gasteiger charge is 2.24. The van der Waals surface area contributed by atoms with E-state index in [1.807, 2.05) is 13.8 Å². The van der Waals surface area contributed by atoms with Gasteiger partial charge in [0, 0.05) is 17.0 Å². The topological polar surface area (TPSA) is 142 Å². The van der Waals surface area contributed by atoms with Crippen LogP contribution in [-0.2, 0) is 25.9 Å². The van der Waals surface area contributed by atoms with Crippen molar-refractivity contribution >= 4 is 49.5 Å². The minimum Gasteiger partial charge on any atom is -0.464 e. The molecule has 11 heteroatoms. The van der Waals surface area contributed by atoms with Crippen LogP contribution in [0.1, 0.15) is 58.0 Å². The molecule has 0 aliphatic heterocycles. The molecular formula is C28H28N2O8S. The molecule has 4 aromatic rings. The van der Waals surface area contributed by atoms with Crippen LogP contribution < -0.4 is 10.2 Å². The van der Waals surface area contributed by atoms with E-state index >= 15 is 0 Å². The Balaban J connectivity index is 2.05. The van der Waals surface area contributed by atoms with E-state index in [0.29, 0.717) is 18.4 Å². The van der Waals surface area contributed by atoms with Gasteiger partial charge in [-0.25, -0.2) is 23.0 Å². The molecule has 2 heterocycles. The van der Waals surface area contributed by atoms with Crippen LogP contribution in [0.2, 0.25) is 0 Å². The Morgan fingerprint density at radius 3 is 2.38 bits per heavy atom. The average molecular weight is 553 g/mol. The second-order valence-electron chi connectivity index (χ2n) is 8.97. The number of carbonyl (C=O) groups is 2. The lowest BCUT2D eigenvalue weighted by Gasteiger charge is -2.16. The number of methoxy groups -OCH3 is 1. The molecule has 0 bridgehead atoms. The quantitative estimate of drug-likeness (QED) is 0.244. The molecule has 204 valence electrons. The Labute approximate surface area is 225 Å². The number of carbonyl (C=O) groups excluding carboxylic acids is 2. The smallest absolute Gasteiger partial charge is 0.374 e. The number of esters is 2. The monoisotopic (exact) mass is 552 g/mol. The van der Waals surface area contributed by atoms with E-state index in [4.69, 9.17) is 13.9 Å². The number of hydrogen-bond acceptors (Lipinski definition) is 9. The zero-order valence-corrected chi connectivity index (χ0v) is 23.0. The molecule has 39 heavy (non-hydrogen) atoms. The second kappa shape index (κ2) is 10.9. The molecule has 2 aromatic carbocycles. The van der Waals surface area contributed by atoms with Crippen molar-refractivity contribution in [3.63, 3.8) is 0 Å². The fourth-order valence-corrected chi connectivity index (χ4v) is 5.37. The molecule has 0 spiro atoms. The first-order valence-corrected chi connectivity index (χ1v) is 13.8. The molecule has 0 saturated carbocycles. The summed E-state index contributed by atoms with van der Waals surface area (Å²) in [5, 5.41) is 0.403. The molecule has 0 amide bonds. The van der Waals surface area contributed by atoms with Crippen molar-refractivity contribution in [2.24, 2.45) is 0 Å². The van der Waals surface area contributed by atoms with Crippen molar-refractivity contribution in [2.75, 3.05) is 18.4 Å². The predicted molar refractivity (Wildman–Crippen MR) is 146 cm³/mol. The summed E-state index contributed by atoms with van der Waals surface area (Å²) in [6.07, 6.45) is 0.944. The van der Waals surface area contributed by atoms with E-state index in [1.165, 1.54) is 25.3 Å². The first-order chi connectivity index (χ1) is 18.5. The zero-order chi connectivity index (χ0) is 28.5. The van der Waals surface area contributed by atoms with Gasteiger partial charge in [0.05, 0.1) is 35.2 Å². The van der Waals surface area contributed by atoms with Crippen LogP contribution in [0, 0.1) is 13.8 Å². The van der Waals surface area contributed by atoms with Gasteiger partial charge in [0.1, 0.15) is 5.58 Å². The predicted octanol–water partition coefficient (Wildman–Crippen LogP) is 4.67. The first kappa shape index (κ1) is 27.8. The highest BCUT2D eigenvalue weighted by Crippen LogP contribution is 2.34. The SMILES string of the molecule is CCCc1c2nc(C(=O)OC)cc(NS(=O)(=O)c3ccc(C)c(C)c3)c2cc2c(=O)cc(C(=O)OCC)oc12. The van der Waals surface area contributed by atoms with Crippen molar-refractivity contribution in [2.45, 2.75) is 45.4 Å². The van der Waals surface area contributed by atoms with E-state index in [2.05, 4.69) is 9.71 Å². The van der Waals surface area contributed by atoms with Gasteiger partial charge in [0.15, 0.2) is 11.1 Å². The maximum Gasteiger partial charge on any atom is 0.374 e. The highest BCUT2D eigenvalue weighted by atomic mass is 32.2. The summed E-state index contributed by atoms with van der Waals surface area (Å²) < 4.78 is 45.1. The molecule has 0 radical (unpaired) electrons. The van der Waals surface area contributed by atoms with Gasteiger partial charge in [-0.15, -0.1) is 0 Å². The Kier molecular flexibility index (Phi) is 7.73. The summed E-state index contributed by atoms with van der Waals surface area (Å²) in [6.45, 7) is 7.29. The van der Waals surface area contributed by atoms with Crippen LogP contribution in [0.15, 0.2) is 50.5 Å². The number of aryl methyl sites for hydroxylation is 3. The number of aromatic nitrogens is 1. The lowest BCUT2D eigenvalue weighted by atomic mass is 10.00. The average Bonchev–Trinajstić information content (AvgIpc) is 2.90. The molecule has 0 fully saturated rings. The number of benzene rings is 2. The summed E-state index contributed by atoms with van der Waals surface area (Å²) >= 11 is 0. The Hall–Kier alpha value is -4.25. The van der Waals surface area contributed by atoms with E-state index in [9.17, 15) is 22.8 Å². The van der Waals surface area contributed by atoms with Gasteiger partial charge in [-0.05, 0) is 62.6 Å². The third-order valence-electron chi connectivity index (χ3n) is 6.30. The summed E-state index contributed by atoms with van der Waals surface area (Å²) in [5.41, 5.74) is 1.87. The number of nitrogens with one attached hydrogen (secondary N) is 1. The number of pyridine rings is 1.